The predicted molar refractivity (Wildman–Crippen MR) is 122 cm³/mol. The first kappa shape index (κ1) is 23.1. The van der Waals surface area contributed by atoms with Crippen molar-refractivity contribution >= 4 is 28.9 Å². The number of carbonyl (C=O) groups excluding carboxylic acids is 2. The SMILES string of the molecule is CCNC(=O)COc1ccc(NC(=O)c2cc([N+](=O)[O-])ccc2N2CCC(C)CC2)cc1. The molecule has 0 atom stereocenters. The number of hydrogen-bond acceptors (Lipinski definition) is 6. The van der Waals surface area contributed by atoms with Crippen molar-refractivity contribution in [3.8, 4) is 5.75 Å². The molecule has 170 valence electrons. The molecule has 0 spiro atoms. The van der Waals surface area contributed by atoms with Crippen LogP contribution < -0.4 is 20.3 Å². The fourth-order valence-electron chi connectivity index (χ4n) is 3.57. The number of anilines is 2. The molecule has 0 saturated carbocycles. The number of benzene rings is 2. The summed E-state index contributed by atoms with van der Waals surface area (Å²) < 4.78 is 5.41. The van der Waals surface area contributed by atoms with E-state index in [1.54, 1.807) is 30.3 Å². The maximum absolute atomic E-state index is 13.0. The van der Waals surface area contributed by atoms with E-state index in [0.29, 0.717) is 29.6 Å². The fourth-order valence-corrected chi connectivity index (χ4v) is 3.57. The lowest BCUT2D eigenvalue weighted by molar-refractivity contribution is -0.384. The Morgan fingerprint density at radius 3 is 2.47 bits per heavy atom. The van der Waals surface area contributed by atoms with Crippen molar-refractivity contribution in [3.63, 3.8) is 0 Å². The van der Waals surface area contributed by atoms with Crippen LogP contribution in [-0.4, -0.2) is 43.0 Å². The van der Waals surface area contributed by atoms with Gasteiger partial charge in [-0.2, -0.15) is 0 Å². The molecular weight excluding hydrogens is 412 g/mol. The van der Waals surface area contributed by atoms with Gasteiger partial charge < -0.3 is 20.3 Å². The summed E-state index contributed by atoms with van der Waals surface area (Å²) in [7, 11) is 0. The van der Waals surface area contributed by atoms with Crippen LogP contribution in [0.5, 0.6) is 5.75 Å². The number of nitrogens with one attached hydrogen (secondary N) is 2. The van der Waals surface area contributed by atoms with E-state index in [4.69, 9.17) is 4.74 Å². The van der Waals surface area contributed by atoms with Crippen LogP contribution in [0, 0.1) is 16.0 Å². The van der Waals surface area contributed by atoms with E-state index in [9.17, 15) is 19.7 Å². The highest BCUT2D eigenvalue weighted by Gasteiger charge is 2.23. The standard InChI is InChI=1S/C23H28N4O5/c1-3-24-22(28)15-32-19-7-4-17(5-8-19)25-23(29)20-14-18(27(30)31)6-9-21(20)26-12-10-16(2)11-13-26/h4-9,14,16H,3,10-13,15H2,1-2H3,(H,24,28)(H,25,29). The summed E-state index contributed by atoms with van der Waals surface area (Å²) in [5, 5.41) is 16.7. The van der Waals surface area contributed by atoms with Crippen LogP contribution in [0.25, 0.3) is 0 Å². The van der Waals surface area contributed by atoms with Crippen molar-refractivity contribution < 1.29 is 19.2 Å². The zero-order chi connectivity index (χ0) is 23.1. The highest BCUT2D eigenvalue weighted by Crippen LogP contribution is 2.30. The molecule has 0 radical (unpaired) electrons. The summed E-state index contributed by atoms with van der Waals surface area (Å²) in [6.07, 6.45) is 2.02. The number of rotatable bonds is 8. The first-order chi connectivity index (χ1) is 15.4. The number of piperidine rings is 1. The van der Waals surface area contributed by atoms with E-state index in [0.717, 1.165) is 25.9 Å². The molecule has 0 unspecified atom stereocenters. The van der Waals surface area contributed by atoms with Gasteiger partial charge >= 0.3 is 0 Å². The van der Waals surface area contributed by atoms with Crippen molar-refractivity contribution in [2.24, 2.45) is 5.92 Å². The summed E-state index contributed by atoms with van der Waals surface area (Å²) >= 11 is 0. The van der Waals surface area contributed by atoms with Crippen LogP contribution >= 0.6 is 0 Å². The molecule has 2 N–H and O–H groups in total. The normalized spacial score (nSPS) is 14.0. The van der Waals surface area contributed by atoms with Gasteiger partial charge in [0.05, 0.1) is 16.2 Å². The van der Waals surface area contributed by atoms with Gasteiger partial charge in [-0.1, -0.05) is 6.92 Å². The summed E-state index contributed by atoms with van der Waals surface area (Å²) in [6.45, 7) is 6.07. The second-order valence-electron chi connectivity index (χ2n) is 7.85. The molecule has 9 nitrogen and oxygen atoms in total. The lowest BCUT2D eigenvalue weighted by Gasteiger charge is -2.33. The zero-order valence-electron chi connectivity index (χ0n) is 18.3. The molecule has 3 rings (SSSR count). The number of nitro groups is 1. The van der Waals surface area contributed by atoms with E-state index in [1.165, 1.54) is 12.1 Å². The summed E-state index contributed by atoms with van der Waals surface area (Å²) in [4.78, 5) is 37.4. The van der Waals surface area contributed by atoms with Gasteiger partial charge in [-0.05, 0) is 56.0 Å². The van der Waals surface area contributed by atoms with E-state index in [-0.39, 0.29) is 23.8 Å². The Labute approximate surface area is 186 Å². The maximum Gasteiger partial charge on any atom is 0.270 e. The Bertz CT molecular complexity index is 969. The highest BCUT2D eigenvalue weighted by atomic mass is 16.6. The predicted octanol–water partition coefficient (Wildman–Crippen LogP) is 3.60. The molecule has 2 aromatic carbocycles. The summed E-state index contributed by atoms with van der Waals surface area (Å²) in [5.74, 6) is 0.483. The van der Waals surface area contributed by atoms with Crippen LogP contribution in [0.1, 0.15) is 37.0 Å². The van der Waals surface area contributed by atoms with E-state index in [2.05, 4.69) is 22.5 Å². The first-order valence-electron chi connectivity index (χ1n) is 10.7. The minimum Gasteiger partial charge on any atom is -0.484 e. The average molecular weight is 441 g/mol. The molecule has 0 aromatic heterocycles. The quantitative estimate of drug-likeness (QED) is 0.479. The van der Waals surface area contributed by atoms with Gasteiger partial charge in [0.15, 0.2) is 6.61 Å². The fraction of sp³-hybridized carbons (Fsp3) is 0.391. The third-order valence-corrected chi connectivity index (χ3v) is 5.42. The minimum atomic E-state index is -0.500. The van der Waals surface area contributed by atoms with E-state index < -0.39 is 10.8 Å². The minimum absolute atomic E-state index is 0.0922. The zero-order valence-corrected chi connectivity index (χ0v) is 18.3. The number of non-ortho nitro benzene ring substituents is 1. The molecule has 2 aromatic rings. The number of carbonyl (C=O) groups is 2. The van der Waals surface area contributed by atoms with Crippen molar-refractivity contribution in [2.45, 2.75) is 26.7 Å². The van der Waals surface area contributed by atoms with E-state index >= 15 is 0 Å². The Hall–Kier alpha value is -3.62. The second kappa shape index (κ2) is 10.6. The summed E-state index contributed by atoms with van der Waals surface area (Å²) in [6, 6.07) is 11.0. The van der Waals surface area contributed by atoms with Crippen LogP contribution in [0.2, 0.25) is 0 Å². The van der Waals surface area contributed by atoms with Crippen molar-refractivity contribution in [2.75, 3.05) is 36.5 Å². The Morgan fingerprint density at radius 1 is 1.16 bits per heavy atom. The van der Waals surface area contributed by atoms with Gasteiger partial charge in [0, 0.05) is 37.5 Å². The van der Waals surface area contributed by atoms with Crippen molar-refractivity contribution in [1.29, 1.82) is 0 Å². The molecule has 1 fully saturated rings. The van der Waals surface area contributed by atoms with Crippen LogP contribution in [0.4, 0.5) is 17.1 Å². The first-order valence-corrected chi connectivity index (χ1v) is 10.7. The number of nitro benzene ring substituents is 1. The third kappa shape index (κ3) is 5.96. The van der Waals surface area contributed by atoms with Gasteiger partial charge in [0.25, 0.3) is 17.5 Å². The topological polar surface area (TPSA) is 114 Å². The lowest BCUT2D eigenvalue weighted by atomic mass is 9.98. The molecule has 1 aliphatic heterocycles. The number of ether oxygens (including phenoxy) is 1. The number of hydrogen-bond donors (Lipinski definition) is 2. The van der Waals surface area contributed by atoms with Crippen LogP contribution in [0.3, 0.4) is 0 Å². The van der Waals surface area contributed by atoms with Crippen LogP contribution in [0.15, 0.2) is 42.5 Å². The molecule has 0 bridgehead atoms. The maximum atomic E-state index is 13.0. The van der Waals surface area contributed by atoms with E-state index in [1.807, 2.05) is 6.92 Å². The van der Waals surface area contributed by atoms with Crippen LogP contribution in [-0.2, 0) is 4.79 Å². The monoisotopic (exact) mass is 440 g/mol. The number of likely N-dealkylation sites (N-methyl/N-ethyl adjacent to an activating group) is 1. The van der Waals surface area contributed by atoms with Gasteiger partial charge in [-0.3, -0.25) is 19.7 Å². The Kier molecular flexibility index (Phi) is 7.64. The molecule has 1 heterocycles. The Balaban J connectivity index is 1.74. The molecule has 1 saturated heterocycles. The van der Waals surface area contributed by atoms with Gasteiger partial charge in [0.1, 0.15) is 5.75 Å². The number of amides is 2. The summed E-state index contributed by atoms with van der Waals surface area (Å²) in [5.41, 5.74) is 1.36. The van der Waals surface area contributed by atoms with Crippen molar-refractivity contribution in [3.05, 3.63) is 58.1 Å². The molecule has 2 amide bonds. The van der Waals surface area contributed by atoms with Gasteiger partial charge in [-0.25, -0.2) is 0 Å². The van der Waals surface area contributed by atoms with Gasteiger partial charge in [0.2, 0.25) is 0 Å². The lowest BCUT2D eigenvalue weighted by Crippen LogP contribution is -2.34. The van der Waals surface area contributed by atoms with Crippen molar-refractivity contribution in [1.82, 2.24) is 5.32 Å². The molecule has 32 heavy (non-hydrogen) atoms. The highest BCUT2D eigenvalue weighted by molar-refractivity contribution is 6.08. The Morgan fingerprint density at radius 2 is 1.84 bits per heavy atom. The average Bonchev–Trinajstić information content (AvgIpc) is 2.79. The number of nitrogens with zero attached hydrogens (tertiary/aromatic N) is 2. The molecule has 1 aliphatic rings. The second-order valence-corrected chi connectivity index (χ2v) is 7.85. The smallest absolute Gasteiger partial charge is 0.270 e. The third-order valence-electron chi connectivity index (χ3n) is 5.42. The molecule has 9 heteroatoms. The van der Waals surface area contributed by atoms with Gasteiger partial charge in [-0.15, -0.1) is 0 Å². The largest absolute Gasteiger partial charge is 0.484 e. The molecule has 0 aliphatic carbocycles. The molecular formula is C23H28N4O5.